The first-order chi connectivity index (χ1) is 9.47. The molecule has 0 aliphatic carbocycles. The highest BCUT2D eigenvalue weighted by Crippen LogP contribution is 2.18. The van der Waals surface area contributed by atoms with E-state index in [9.17, 15) is 4.79 Å². The van der Waals surface area contributed by atoms with Crippen molar-refractivity contribution in [1.29, 1.82) is 0 Å². The molecular formula is C14H17ClN4O. The number of aromatic nitrogens is 3. The van der Waals surface area contributed by atoms with E-state index >= 15 is 0 Å². The highest BCUT2D eigenvalue weighted by Gasteiger charge is 2.14. The van der Waals surface area contributed by atoms with Gasteiger partial charge in [0.15, 0.2) is 0 Å². The second kappa shape index (κ2) is 6.05. The third kappa shape index (κ3) is 3.36. The summed E-state index contributed by atoms with van der Waals surface area (Å²) in [6.45, 7) is 5.91. The van der Waals surface area contributed by atoms with Crippen molar-refractivity contribution in [2.45, 2.75) is 32.7 Å². The van der Waals surface area contributed by atoms with Gasteiger partial charge in [-0.15, -0.1) is 0 Å². The molecule has 0 aromatic carbocycles. The summed E-state index contributed by atoms with van der Waals surface area (Å²) in [4.78, 5) is 16.5. The average molecular weight is 293 g/mol. The summed E-state index contributed by atoms with van der Waals surface area (Å²) in [7, 11) is 0. The van der Waals surface area contributed by atoms with Crippen LogP contribution in [0.5, 0.6) is 0 Å². The Morgan fingerprint density at radius 2 is 2.10 bits per heavy atom. The van der Waals surface area contributed by atoms with Crippen molar-refractivity contribution in [3.8, 4) is 0 Å². The minimum Gasteiger partial charge on any atom is -0.345 e. The first-order valence-corrected chi connectivity index (χ1v) is 6.82. The maximum absolute atomic E-state index is 12.2. The van der Waals surface area contributed by atoms with Crippen molar-refractivity contribution < 1.29 is 4.79 Å². The lowest BCUT2D eigenvalue weighted by molar-refractivity contribution is 0.0939. The summed E-state index contributed by atoms with van der Waals surface area (Å²) in [5.41, 5.74) is 2.24. The predicted molar refractivity (Wildman–Crippen MR) is 77.8 cm³/mol. The molecule has 2 aromatic heterocycles. The molecule has 20 heavy (non-hydrogen) atoms. The molecule has 1 unspecified atom stereocenters. The molecule has 5 nitrogen and oxygen atoms in total. The SMILES string of the molecule is CC(C)c1cc(C(=O)NC(C)c2cn[nH]c2)cc(Cl)n1. The molecule has 2 heterocycles. The molecule has 0 radical (unpaired) electrons. The Hall–Kier alpha value is -1.88. The normalized spacial score (nSPS) is 12.4. The lowest BCUT2D eigenvalue weighted by Gasteiger charge is -2.13. The molecule has 0 spiro atoms. The quantitative estimate of drug-likeness (QED) is 0.851. The highest BCUT2D eigenvalue weighted by molar-refractivity contribution is 6.29. The number of halogens is 1. The van der Waals surface area contributed by atoms with Crippen LogP contribution in [0.1, 0.15) is 54.3 Å². The largest absolute Gasteiger partial charge is 0.345 e. The van der Waals surface area contributed by atoms with Gasteiger partial charge in [-0.25, -0.2) is 4.98 Å². The average Bonchev–Trinajstić information content (AvgIpc) is 2.91. The third-order valence-corrected chi connectivity index (χ3v) is 3.23. The van der Waals surface area contributed by atoms with Crippen LogP contribution in [-0.4, -0.2) is 21.1 Å². The predicted octanol–water partition coefficient (Wildman–Crippen LogP) is 3.07. The number of carbonyl (C=O) groups excluding carboxylic acids is 1. The first-order valence-electron chi connectivity index (χ1n) is 6.44. The fourth-order valence-corrected chi connectivity index (χ4v) is 2.02. The fourth-order valence-electron chi connectivity index (χ4n) is 1.81. The van der Waals surface area contributed by atoms with Gasteiger partial charge in [-0.3, -0.25) is 9.89 Å². The molecular weight excluding hydrogens is 276 g/mol. The Balaban J connectivity index is 2.17. The van der Waals surface area contributed by atoms with E-state index in [2.05, 4.69) is 20.5 Å². The van der Waals surface area contributed by atoms with Crippen LogP contribution in [0, 0.1) is 0 Å². The van der Waals surface area contributed by atoms with Gasteiger partial charge in [-0.2, -0.15) is 5.10 Å². The smallest absolute Gasteiger partial charge is 0.251 e. The summed E-state index contributed by atoms with van der Waals surface area (Å²) in [5, 5.41) is 9.83. The molecule has 0 fully saturated rings. The van der Waals surface area contributed by atoms with E-state index in [1.807, 2.05) is 20.8 Å². The van der Waals surface area contributed by atoms with E-state index in [-0.39, 0.29) is 17.9 Å². The zero-order chi connectivity index (χ0) is 14.7. The summed E-state index contributed by atoms with van der Waals surface area (Å²) < 4.78 is 0. The lowest BCUT2D eigenvalue weighted by atomic mass is 10.1. The summed E-state index contributed by atoms with van der Waals surface area (Å²) in [5.74, 6) is 0.0384. The van der Waals surface area contributed by atoms with Crippen LogP contribution < -0.4 is 5.32 Å². The minimum absolute atomic E-state index is 0.129. The van der Waals surface area contributed by atoms with Gasteiger partial charge in [0, 0.05) is 23.0 Å². The molecule has 0 aliphatic rings. The van der Waals surface area contributed by atoms with Crippen LogP contribution in [0.25, 0.3) is 0 Å². The van der Waals surface area contributed by atoms with Crippen molar-refractivity contribution >= 4 is 17.5 Å². The number of carbonyl (C=O) groups is 1. The van der Waals surface area contributed by atoms with Gasteiger partial charge in [0.05, 0.1) is 12.2 Å². The van der Waals surface area contributed by atoms with Crippen molar-refractivity contribution in [3.05, 3.63) is 46.5 Å². The van der Waals surface area contributed by atoms with E-state index in [1.165, 1.54) is 0 Å². The van der Waals surface area contributed by atoms with Gasteiger partial charge < -0.3 is 5.32 Å². The van der Waals surface area contributed by atoms with Gasteiger partial charge in [-0.1, -0.05) is 25.4 Å². The number of aromatic amines is 1. The topological polar surface area (TPSA) is 70.7 Å². The number of hydrogen-bond donors (Lipinski definition) is 2. The van der Waals surface area contributed by atoms with E-state index in [1.54, 1.807) is 24.5 Å². The molecule has 106 valence electrons. The standard InChI is InChI=1S/C14H17ClN4O/c1-8(2)12-4-10(5-13(15)19-12)14(20)18-9(3)11-6-16-17-7-11/h4-9H,1-3H3,(H,16,17)(H,18,20). The van der Waals surface area contributed by atoms with Crippen LogP contribution in [0.4, 0.5) is 0 Å². The van der Waals surface area contributed by atoms with Gasteiger partial charge in [0.1, 0.15) is 5.15 Å². The third-order valence-electron chi connectivity index (χ3n) is 3.03. The molecule has 0 saturated carbocycles. The van der Waals surface area contributed by atoms with Gasteiger partial charge in [0.25, 0.3) is 5.91 Å². The second-order valence-electron chi connectivity index (χ2n) is 4.98. The maximum atomic E-state index is 12.2. The maximum Gasteiger partial charge on any atom is 0.251 e. The van der Waals surface area contributed by atoms with E-state index in [0.717, 1.165) is 11.3 Å². The number of H-pyrrole nitrogens is 1. The summed E-state index contributed by atoms with van der Waals surface area (Å²) in [6.07, 6.45) is 3.44. The van der Waals surface area contributed by atoms with Crippen molar-refractivity contribution in [2.24, 2.45) is 0 Å². The van der Waals surface area contributed by atoms with E-state index in [0.29, 0.717) is 10.7 Å². The molecule has 6 heteroatoms. The molecule has 1 atom stereocenters. The fraction of sp³-hybridized carbons (Fsp3) is 0.357. The number of pyridine rings is 1. The van der Waals surface area contributed by atoms with E-state index in [4.69, 9.17) is 11.6 Å². The first kappa shape index (κ1) is 14.5. The number of hydrogen-bond acceptors (Lipinski definition) is 3. The monoisotopic (exact) mass is 292 g/mol. The van der Waals surface area contributed by atoms with Crippen molar-refractivity contribution in [1.82, 2.24) is 20.5 Å². The zero-order valence-corrected chi connectivity index (χ0v) is 12.4. The molecule has 0 bridgehead atoms. The lowest BCUT2D eigenvalue weighted by Crippen LogP contribution is -2.26. The Morgan fingerprint density at radius 3 is 2.70 bits per heavy atom. The number of amides is 1. The number of nitrogens with zero attached hydrogens (tertiary/aromatic N) is 2. The molecule has 1 amide bonds. The Morgan fingerprint density at radius 1 is 1.35 bits per heavy atom. The van der Waals surface area contributed by atoms with Crippen molar-refractivity contribution in [2.75, 3.05) is 0 Å². The van der Waals surface area contributed by atoms with Gasteiger partial charge in [0.2, 0.25) is 0 Å². The van der Waals surface area contributed by atoms with Crippen molar-refractivity contribution in [3.63, 3.8) is 0 Å². The number of nitrogens with one attached hydrogen (secondary N) is 2. The Bertz CT molecular complexity index is 595. The van der Waals surface area contributed by atoms with Gasteiger partial charge >= 0.3 is 0 Å². The van der Waals surface area contributed by atoms with Crippen LogP contribution in [0.15, 0.2) is 24.5 Å². The zero-order valence-electron chi connectivity index (χ0n) is 11.6. The molecule has 0 saturated heterocycles. The molecule has 2 aromatic rings. The van der Waals surface area contributed by atoms with Gasteiger partial charge in [-0.05, 0) is 25.0 Å². The highest BCUT2D eigenvalue weighted by atomic mass is 35.5. The van der Waals surface area contributed by atoms with Crippen LogP contribution in [0.3, 0.4) is 0 Å². The summed E-state index contributed by atoms with van der Waals surface area (Å²) in [6, 6.07) is 3.22. The number of rotatable bonds is 4. The van der Waals surface area contributed by atoms with Crippen LogP contribution in [0.2, 0.25) is 5.15 Å². The molecule has 0 aliphatic heterocycles. The minimum atomic E-state index is -0.176. The molecule has 2 rings (SSSR count). The Labute approximate surface area is 122 Å². The summed E-state index contributed by atoms with van der Waals surface area (Å²) >= 11 is 5.97. The van der Waals surface area contributed by atoms with Crippen LogP contribution in [-0.2, 0) is 0 Å². The van der Waals surface area contributed by atoms with Crippen LogP contribution >= 0.6 is 11.6 Å². The second-order valence-corrected chi connectivity index (χ2v) is 5.37. The molecule has 2 N–H and O–H groups in total. The Kier molecular flexibility index (Phi) is 4.39. The van der Waals surface area contributed by atoms with E-state index < -0.39 is 0 Å².